The van der Waals surface area contributed by atoms with Gasteiger partial charge in [-0.3, -0.25) is 0 Å². The number of hydrogen-bond donors (Lipinski definition) is 2. The first kappa shape index (κ1) is 29.8. The molecule has 0 aromatic heterocycles. The smallest absolute Gasteiger partial charge is 0.0363 e. The average molecular weight is 504 g/mol. The third-order valence-electron chi connectivity index (χ3n) is 7.97. The minimum absolute atomic E-state index is 0. The van der Waals surface area contributed by atoms with Crippen molar-refractivity contribution < 1.29 is 11.0 Å². The number of hydrogen-bond acceptors (Lipinski definition) is 3. The van der Waals surface area contributed by atoms with Crippen molar-refractivity contribution in [2.24, 2.45) is 35.3 Å². The number of halogens is 1. The Kier molecular flexibility index (Phi) is 12.2. The van der Waals surface area contributed by atoms with E-state index in [0.717, 1.165) is 36.9 Å². The van der Waals surface area contributed by atoms with Gasteiger partial charge in [-0.05, 0) is 74.1 Å². The van der Waals surface area contributed by atoms with Crippen LogP contribution in [0.2, 0.25) is 0 Å². The summed E-state index contributed by atoms with van der Waals surface area (Å²) < 4.78 is 0. The van der Waals surface area contributed by atoms with Crippen LogP contribution in [0.15, 0.2) is 71.4 Å². The van der Waals surface area contributed by atoms with Crippen molar-refractivity contribution >= 4 is 11.6 Å². The van der Waals surface area contributed by atoms with E-state index in [1.54, 1.807) is 0 Å². The van der Waals surface area contributed by atoms with Gasteiger partial charge in [0.2, 0.25) is 0 Å². The Morgan fingerprint density at radius 2 is 1.80 bits per heavy atom. The second-order valence-corrected chi connectivity index (χ2v) is 11.1. The molecule has 4 unspecified atom stereocenters. The van der Waals surface area contributed by atoms with E-state index in [1.165, 1.54) is 31.5 Å². The first-order valence-corrected chi connectivity index (χ1v) is 13.4. The van der Waals surface area contributed by atoms with Crippen LogP contribution in [0.1, 0.15) is 39.5 Å². The summed E-state index contributed by atoms with van der Waals surface area (Å²) in [6.07, 6.45) is 27.0. The molecule has 1 heterocycles. The Labute approximate surface area is 217 Å². The van der Waals surface area contributed by atoms with Gasteiger partial charge < -0.3 is 26.9 Å². The number of rotatable bonds is 8. The molecule has 5 atom stereocenters. The maximum absolute atomic E-state index is 6.34. The van der Waals surface area contributed by atoms with Crippen LogP contribution in [0.5, 0.6) is 0 Å². The lowest BCUT2D eigenvalue weighted by Crippen LogP contribution is -2.48. The molecule has 0 aromatic rings. The number of nitrogens with zero attached hydrogens (tertiary/aromatic N) is 1. The molecule has 0 saturated carbocycles. The highest BCUT2D eigenvalue weighted by atomic mass is 35.5. The molecule has 4 aliphatic rings. The topological polar surface area (TPSA) is 104 Å². The largest absolute Gasteiger partial charge is 0.412 e. The van der Waals surface area contributed by atoms with Gasteiger partial charge >= 0.3 is 0 Å². The Hall–Kier alpha value is -1.47. The first-order valence-electron chi connectivity index (χ1n) is 13.0. The normalized spacial score (nSPS) is 29.9. The molecule has 3 aliphatic carbocycles. The molecule has 0 radical (unpaired) electrons. The van der Waals surface area contributed by atoms with E-state index in [2.05, 4.69) is 84.8 Å². The molecule has 196 valence electrons. The van der Waals surface area contributed by atoms with Crippen LogP contribution >= 0.6 is 11.6 Å². The summed E-state index contributed by atoms with van der Waals surface area (Å²) in [5.41, 5.74) is 7.71. The summed E-state index contributed by atoms with van der Waals surface area (Å²) in [7, 11) is 0. The zero-order valence-corrected chi connectivity index (χ0v) is 22.1. The molecule has 0 aromatic carbocycles. The maximum atomic E-state index is 6.34. The average Bonchev–Trinajstić information content (AvgIpc) is 2.83. The Morgan fingerprint density at radius 1 is 1.06 bits per heavy atom. The Morgan fingerprint density at radius 3 is 2.46 bits per heavy atom. The number of piperidine rings is 1. The van der Waals surface area contributed by atoms with Crippen LogP contribution in [0.25, 0.3) is 0 Å². The van der Waals surface area contributed by atoms with Gasteiger partial charge in [0.15, 0.2) is 0 Å². The molecule has 0 bridgehead atoms. The summed E-state index contributed by atoms with van der Waals surface area (Å²) >= 11 is 6.11. The predicted molar refractivity (Wildman–Crippen MR) is 149 cm³/mol. The highest BCUT2D eigenvalue weighted by Crippen LogP contribution is 2.32. The van der Waals surface area contributed by atoms with Gasteiger partial charge in [0, 0.05) is 36.1 Å². The second-order valence-electron chi connectivity index (χ2n) is 10.7. The Bertz CT molecular complexity index is 837. The molecule has 35 heavy (non-hydrogen) atoms. The van der Waals surface area contributed by atoms with Crippen molar-refractivity contribution in [2.75, 3.05) is 26.2 Å². The van der Waals surface area contributed by atoms with E-state index in [1.807, 2.05) is 0 Å². The van der Waals surface area contributed by atoms with E-state index >= 15 is 0 Å². The minimum atomic E-state index is 0. The summed E-state index contributed by atoms with van der Waals surface area (Å²) in [5.74, 6) is 2.95. The van der Waals surface area contributed by atoms with Crippen LogP contribution in [0, 0.1) is 29.6 Å². The van der Waals surface area contributed by atoms with Crippen LogP contribution in [0.4, 0.5) is 0 Å². The standard InChI is InChI=1S/C29H42ClN3.2H2O/c1-21(2)29(20-33-16-14-24(15-17-33)23-10-12-26(30)13-11-23)32-19-22-6-5-7-25(18-22)27-8-3-4-9-28(27)31;;/h3-5,7-10,12-13,18,21-24,27-29,32H,6,11,14-17,19-20,31H2,1-2H3;2*1H2/t22?,23?,27?,28?,29-;;/m0../s1. The van der Waals surface area contributed by atoms with Crippen LogP contribution < -0.4 is 11.1 Å². The van der Waals surface area contributed by atoms with Crippen molar-refractivity contribution in [3.63, 3.8) is 0 Å². The predicted octanol–water partition coefficient (Wildman–Crippen LogP) is 3.93. The molecular formula is C29H46ClN3O2. The number of likely N-dealkylation sites (tertiary alicyclic amines) is 1. The lowest BCUT2D eigenvalue weighted by Gasteiger charge is -2.38. The van der Waals surface area contributed by atoms with Crippen molar-refractivity contribution in [1.82, 2.24) is 10.2 Å². The molecular weight excluding hydrogens is 458 g/mol. The number of nitrogens with two attached hydrogens (primary N) is 1. The monoisotopic (exact) mass is 503 g/mol. The van der Waals surface area contributed by atoms with E-state index in [4.69, 9.17) is 17.3 Å². The molecule has 1 saturated heterocycles. The van der Waals surface area contributed by atoms with E-state index < -0.39 is 0 Å². The summed E-state index contributed by atoms with van der Waals surface area (Å²) in [5, 5.41) is 4.84. The van der Waals surface area contributed by atoms with Crippen molar-refractivity contribution in [2.45, 2.75) is 51.6 Å². The lowest BCUT2D eigenvalue weighted by molar-refractivity contribution is 0.138. The van der Waals surface area contributed by atoms with Gasteiger partial charge in [-0.1, -0.05) is 80.1 Å². The minimum Gasteiger partial charge on any atom is -0.412 e. The number of nitrogens with one attached hydrogen (secondary N) is 1. The zero-order chi connectivity index (χ0) is 23.2. The SMILES string of the molecule is CC(C)[C@H](CN1CCC(C2C=CC(Cl)=CC2)CC1)NCC1C=C(C2C=CC=CC2N)C=CC1.O.O. The maximum Gasteiger partial charge on any atom is 0.0363 e. The molecule has 4 rings (SSSR count). The van der Waals surface area contributed by atoms with Gasteiger partial charge in [0.05, 0.1) is 0 Å². The number of allylic oxidation sites excluding steroid dienone is 8. The van der Waals surface area contributed by atoms with Crippen molar-refractivity contribution in [3.8, 4) is 0 Å². The molecule has 1 fully saturated rings. The van der Waals surface area contributed by atoms with Gasteiger partial charge in [0.1, 0.15) is 0 Å². The quantitative estimate of drug-likeness (QED) is 0.524. The third kappa shape index (κ3) is 8.28. The van der Waals surface area contributed by atoms with Gasteiger partial charge in [0.25, 0.3) is 0 Å². The van der Waals surface area contributed by atoms with E-state index in [0.29, 0.717) is 29.7 Å². The van der Waals surface area contributed by atoms with Crippen LogP contribution in [-0.2, 0) is 0 Å². The molecule has 7 N–H and O–H groups in total. The summed E-state index contributed by atoms with van der Waals surface area (Å²) in [4.78, 5) is 2.68. The van der Waals surface area contributed by atoms with Crippen molar-refractivity contribution in [1.29, 1.82) is 0 Å². The molecule has 0 amide bonds. The van der Waals surface area contributed by atoms with Gasteiger partial charge in [-0.15, -0.1) is 0 Å². The fourth-order valence-electron chi connectivity index (χ4n) is 5.71. The van der Waals surface area contributed by atoms with Gasteiger partial charge in [-0.25, -0.2) is 0 Å². The molecule has 1 aliphatic heterocycles. The third-order valence-corrected chi connectivity index (χ3v) is 8.25. The fraction of sp³-hybridized carbons (Fsp3) is 0.586. The second kappa shape index (κ2) is 14.3. The van der Waals surface area contributed by atoms with Crippen LogP contribution in [0.3, 0.4) is 0 Å². The Balaban J connectivity index is 0.00000216. The van der Waals surface area contributed by atoms with Crippen molar-refractivity contribution in [3.05, 3.63) is 71.4 Å². The fourth-order valence-corrected chi connectivity index (χ4v) is 5.87. The highest BCUT2D eigenvalue weighted by molar-refractivity contribution is 6.31. The lowest BCUT2D eigenvalue weighted by atomic mass is 9.80. The molecule has 0 spiro atoms. The summed E-state index contributed by atoms with van der Waals surface area (Å²) in [6.45, 7) is 9.33. The first-order chi connectivity index (χ1) is 16.0. The van der Waals surface area contributed by atoms with Gasteiger partial charge in [-0.2, -0.15) is 0 Å². The molecule has 5 nitrogen and oxygen atoms in total. The van der Waals surface area contributed by atoms with Crippen LogP contribution in [-0.4, -0.2) is 54.1 Å². The summed E-state index contributed by atoms with van der Waals surface area (Å²) in [6, 6.07) is 0.612. The molecule has 6 heteroatoms. The zero-order valence-electron chi connectivity index (χ0n) is 21.4. The highest BCUT2D eigenvalue weighted by Gasteiger charge is 2.28. The van der Waals surface area contributed by atoms with E-state index in [9.17, 15) is 0 Å². The van der Waals surface area contributed by atoms with E-state index in [-0.39, 0.29) is 17.0 Å².